The van der Waals surface area contributed by atoms with E-state index in [2.05, 4.69) is 4.90 Å². The molecule has 0 saturated carbocycles. The van der Waals surface area contributed by atoms with Crippen LogP contribution in [0.4, 0.5) is 0 Å². The van der Waals surface area contributed by atoms with Crippen LogP contribution in [0.1, 0.15) is 31.2 Å². The molecule has 100 valence electrons. The van der Waals surface area contributed by atoms with Crippen molar-refractivity contribution < 1.29 is 9.53 Å². The van der Waals surface area contributed by atoms with E-state index in [-0.39, 0.29) is 5.78 Å². The molecular weight excluding hydrogens is 238 g/mol. The van der Waals surface area contributed by atoms with E-state index >= 15 is 0 Å². The number of hydrogen-bond donors (Lipinski definition) is 0. The molecule has 2 aliphatic rings. The number of carbonyl (C=O) groups excluding carboxylic acids is 1. The van der Waals surface area contributed by atoms with E-state index in [0.29, 0.717) is 12.5 Å². The van der Waals surface area contributed by atoms with Gasteiger partial charge in [0.15, 0.2) is 5.78 Å². The Bertz CT molecular complexity index is 504. The normalized spacial score (nSPS) is 22.8. The molecule has 2 aliphatic heterocycles. The highest BCUT2D eigenvalue weighted by Gasteiger charge is 2.30. The van der Waals surface area contributed by atoms with E-state index in [1.54, 1.807) is 7.11 Å². The lowest BCUT2D eigenvalue weighted by molar-refractivity contribution is -0.116. The van der Waals surface area contributed by atoms with E-state index in [1.807, 2.05) is 30.3 Å². The molecule has 0 aliphatic carbocycles. The number of rotatable bonds is 2. The average molecular weight is 257 g/mol. The van der Waals surface area contributed by atoms with Crippen LogP contribution >= 0.6 is 0 Å². The fourth-order valence-electron chi connectivity index (χ4n) is 3.07. The van der Waals surface area contributed by atoms with Gasteiger partial charge in [0.1, 0.15) is 5.75 Å². The third kappa shape index (κ3) is 2.37. The Labute approximate surface area is 113 Å². The molecule has 2 heterocycles. The quantitative estimate of drug-likeness (QED) is 0.816. The lowest BCUT2D eigenvalue weighted by atomic mass is 9.91. The number of ketones is 1. The smallest absolute Gasteiger partial charge is 0.159 e. The van der Waals surface area contributed by atoms with Gasteiger partial charge in [0, 0.05) is 30.8 Å². The molecule has 0 spiro atoms. The Balaban J connectivity index is 1.93. The van der Waals surface area contributed by atoms with Gasteiger partial charge in [-0.2, -0.15) is 0 Å². The van der Waals surface area contributed by atoms with Crippen molar-refractivity contribution in [2.24, 2.45) is 0 Å². The second kappa shape index (κ2) is 5.08. The number of piperidine rings is 1. The largest absolute Gasteiger partial charge is 0.497 e. The Morgan fingerprint density at radius 3 is 2.74 bits per heavy atom. The Morgan fingerprint density at radius 1 is 1.21 bits per heavy atom. The molecule has 3 nitrogen and oxygen atoms in total. The summed E-state index contributed by atoms with van der Waals surface area (Å²) in [6.45, 7) is 1.07. The number of allylic oxidation sites excluding steroid dienone is 1. The van der Waals surface area contributed by atoms with Gasteiger partial charge in [-0.3, -0.25) is 4.79 Å². The summed E-state index contributed by atoms with van der Waals surface area (Å²) in [7, 11) is 1.67. The minimum absolute atomic E-state index is 0.258. The summed E-state index contributed by atoms with van der Waals surface area (Å²) in [6.07, 6.45) is 6.09. The van der Waals surface area contributed by atoms with E-state index in [4.69, 9.17) is 4.74 Å². The van der Waals surface area contributed by atoms with E-state index < -0.39 is 0 Å². The second-order valence-corrected chi connectivity index (χ2v) is 5.27. The van der Waals surface area contributed by atoms with Crippen molar-refractivity contribution in [2.75, 3.05) is 13.7 Å². The zero-order valence-corrected chi connectivity index (χ0v) is 11.3. The molecule has 3 heteroatoms. The molecular formula is C16H19NO2. The van der Waals surface area contributed by atoms with E-state index in [0.717, 1.165) is 30.0 Å². The van der Waals surface area contributed by atoms with Crippen molar-refractivity contribution in [1.82, 2.24) is 4.90 Å². The molecule has 3 rings (SSSR count). The highest BCUT2D eigenvalue weighted by molar-refractivity contribution is 5.98. The predicted octanol–water partition coefficient (Wildman–Crippen LogP) is 2.86. The third-order valence-corrected chi connectivity index (χ3v) is 4.06. The number of hydrogen-bond acceptors (Lipinski definition) is 3. The summed E-state index contributed by atoms with van der Waals surface area (Å²) in [6, 6.07) is 8.38. The van der Waals surface area contributed by atoms with E-state index in [1.165, 1.54) is 12.8 Å². The summed E-state index contributed by atoms with van der Waals surface area (Å²) in [4.78, 5) is 14.3. The van der Waals surface area contributed by atoms with Gasteiger partial charge in [0.2, 0.25) is 0 Å². The Hall–Kier alpha value is -1.77. The van der Waals surface area contributed by atoms with Gasteiger partial charge in [-0.25, -0.2) is 0 Å². The molecule has 0 N–H and O–H groups in total. The summed E-state index contributed by atoms with van der Waals surface area (Å²) in [5.74, 6) is 1.11. The Kier molecular flexibility index (Phi) is 3.28. The summed E-state index contributed by atoms with van der Waals surface area (Å²) in [5.41, 5.74) is 2.20. The number of ether oxygens (including phenoxy) is 1. The zero-order chi connectivity index (χ0) is 13.2. The first-order chi connectivity index (χ1) is 9.28. The average Bonchev–Trinajstić information content (AvgIpc) is 2.46. The molecule has 1 fully saturated rings. The third-order valence-electron chi connectivity index (χ3n) is 4.06. The fraction of sp³-hybridized carbons (Fsp3) is 0.438. The van der Waals surface area contributed by atoms with Crippen molar-refractivity contribution in [3.63, 3.8) is 0 Å². The van der Waals surface area contributed by atoms with Gasteiger partial charge in [-0.05, 0) is 49.1 Å². The lowest BCUT2D eigenvalue weighted by Gasteiger charge is -2.41. The van der Waals surface area contributed by atoms with Gasteiger partial charge in [-0.15, -0.1) is 0 Å². The van der Waals surface area contributed by atoms with E-state index in [9.17, 15) is 4.79 Å². The summed E-state index contributed by atoms with van der Waals surface area (Å²) in [5, 5.41) is 0. The molecule has 0 bridgehead atoms. The van der Waals surface area contributed by atoms with Crippen LogP contribution < -0.4 is 4.74 Å². The number of fused-ring (bicyclic) bond motifs is 1. The van der Waals surface area contributed by atoms with Crippen LogP contribution in [0.15, 0.2) is 30.3 Å². The second-order valence-electron chi connectivity index (χ2n) is 5.27. The predicted molar refractivity (Wildman–Crippen MR) is 74.9 cm³/mol. The van der Waals surface area contributed by atoms with Crippen LogP contribution in [0.25, 0.3) is 5.70 Å². The maximum absolute atomic E-state index is 11.9. The number of carbonyl (C=O) groups is 1. The van der Waals surface area contributed by atoms with Gasteiger partial charge in [0.25, 0.3) is 0 Å². The highest BCUT2D eigenvalue weighted by atomic mass is 16.5. The number of benzene rings is 1. The van der Waals surface area contributed by atoms with Gasteiger partial charge in [0.05, 0.1) is 7.11 Å². The number of methoxy groups -OCH3 is 1. The van der Waals surface area contributed by atoms with Crippen LogP contribution in [-0.4, -0.2) is 30.4 Å². The van der Waals surface area contributed by atoms with Crippen molar-refractivity contribution >= 4 is 11.5 Å². The standard InChI is InChI=1S/C16H19NO2/c1-19-15-7-5-12(6-8-15)16-11-14(18)10-13-4-2-3-9-17(13)16/h5-8,11,13H,2-4,9-10H2,1H3/t13-/m1/s1. The van der Waals surface area contributed by atoms with Crippen LogP contribution in [-0.2, 0) is 4.79 Å². The lowest BCUT2D eigenvalue weighted by Crippen LogP contribution is -2.42. The van der Waals surface area contributed by atoms with Crippen LogP contribution in [0.3, 0.4) is 0 Å². The molecule has 0 aromatic heterocycles. The first-order valence-corrected chi connectivity index (χ1v) is 6.93. The van der Waals surface area contributed by atoms with Crippen LogP contribution in [0.2, 0.25) is 0 Å². The fourth-order valence-corrected chi connectivity index (χ4v) is 3.07. The zero-order valence-electron chi connectivity index (χ0n) is 11.3. The van der Waals surface area contributed by atoms with Crippen molar-refractivity contribution in [3.05, 3.63) is 35.9 Å². The maximum atomic E-state index is 11.9. The minimum atomic E-state index is 0.258. The molecule has 0 unspecified atom stereocenters. The van der Waals surface area contributed by atoms with Crippen LogP contribution in [0.5, 0.6) is 5.75 Å². The molecule has 0 amide bonds. The Morgan fingerprint density at radius 2 is 2.00 bits per heavy atom. The van der Waals surface area contributed by atoms with Crippen LogP contribution in [0, 0.1) is 0 Å². The molecule has 1 aromatic rings. The molecule has 0 radical (unpaired) electrons. The van der Waals surface area contributed by atoms with Gasteiger partial charge in [-0.1, -0.05) is 0 Å². The molecule has 19 heavy (non-hydrogen) atoms. The monoisotopic (exact) mass is 257 g/mol. The molecule has 1 saturated heterocycles. The topological polar surface area (TPSA) is 29.5 Å². The summed E-state index contributed by atoms with van der Waals surface area (Å²) >= 11 is 0. The summed E-state index contributed by atoms with van der Waals surface area (Å²) < 4.78 is 5.18. The number of nitrogens with zero attached hydrogens (tertiary/aromatic N) is 1. The first-order valence-electron chi connectivity index (χ1n) is 6.93. The van der Waals surface area contributed by atoms with Gasteiger partial charge < -0.3 is 9.64 Å². The van der Waals surface area contributed by atoms with Crippen molar-refractivity contribution in [3.8, 4) is 5.75 Å². The van der Waals surface area contributed by atoms with Crippen molar-refractivity contribution in [2.45, 2.75) is 31.7 Å². The SMILES string of the molecule is COc1ccc(C2=CC(=O)C[C@H]3CCCCN23)cc1. The molecule has 1 aromatic carbocycles. The van der Waals surface area contributed by atoms with Crippen molar-refractivity contribution in [1.29, 1.82) is 0 Å². The maximum Gasteiger partial charge on any atom is 0.159 e. The first kappa shape index (κ1) is 12.3. The highest BCUT2D eigenvalue weighted by Crippen LogP contribution is 2.33. The molecule has 1 atom stereocenters. The minimum Gasteiger partial charge on any atom is -0.497 e. The van der Waals surface area contributed by atoms with Gasteiger partial charge >= 0.3 is 0 Å².